The number of aromatic nitrogens is 2. The van der Waals surface area contributed by atoms with Crippen molar-refractivity contribution in [1.82, 2.24) is 15.3 Å². The number of carbonyl (C=O) groups excluding carboxylic acids is 1. The van der Waals surface area contributed by atoms with Crippen molar-refractivity contribution in [1.29, 1.82) is 5.26 Å². The fourth-order valence-electron chi connectivity index (χ4n) is 6.03. The van der Waals surface area contributed by atoms with Gasteiger partial charge >= 0.3 is 0 Å². The van der Waals surface area contributed by atoms with Crippen molar-refractivity contribution in [3.63, 3.8) is 0 Å². The first-order chi connectivity index (χ1) is 17.5. The first kappa shape index (κ1) is 27.1. The zero-order valence-electron chi connectivity index (χ0n) is 21.9. The second kappa shape index (κ2) is 10.4. The van der Waals surface area contributed by atoms with Crippen LogP contribution < -0.4 is 15.0 Å². The maximum Gasteiger partial charge on any atom is 0.254 e. The van der Waals surface area contributed by atoms with Crippen molar-refractivity contribution in [3.8, 4) is 11.8 Å². The maximum atomic E-state index is 13.1. The third-order valence-electron chi connectivity index (χ3n) is 7.85. The Hall–Kier alpha value is -2.93. The normalized spacial score (nSPS) is 26.1. The molecule has 37 heavy (non-hydrogen) atoms. The van der Waals surface area contributed by atoms with Crippen molar-refractivity contribution in [2.45, 2.75) is 52.4 Å². The van der Waals surface area contributed by atoms with Crippen molar-refractivity contribution in [2.24, 2.45) is 16.7 Å². The van der Waals surface area contributed by atoms with Crippen LogP contribution in [0, 0.1) is 28.1 Å². The number of rotatable bonds is 7. The van der Waals surface area contributed by atoms with Crippen molar-refractivity contribution in [3.05, 3.63) is 46.7 Å². The van der Waals surface area contributed by atoms with Crippen LogP contribution in [-0.2, 0) is 4.74 Å². The highest BCUT2D eigenvalue weighted by atomic mass is 35.5. The summed E-state index contributed by atoms with van der Waals surface area (Å²) in [6, 6.07) is 6.92. The van der Waals surface area contributed by atoms with E-state index in [1.54, 1.807) is 37.7 Å². The summed E-state index contributed by atoms with van der Waals surface area (Å²) in [5, 5.41) is 22.2. The van der Waals surface area contributed by atoms with Gasteiger partial charge < -0.3 is 24.8 Å². The Morgan fingerprint density at radius 2 is 1.95 bits per heavy atom. The number of nitrogens with one attached hydrogen (secondary N) is 1. The quantitative estimate of drug-likeness (QED) is 0.561. The second-order valence-corrected chi connectivity index (χ2v) is 11.4. The van der Waals surface area contributed by atoms with Crippen LogP contribution in [-0.4, -0.2) is 66.0 Å². The summed E-state index contributed by atoms with van der Waals surface area (Å²) in [5.74, 6) is 0.977. The second-order valence-electron chi connectivity index (χ2n) is 11.0. The van der Waals surface area contributed by atoms with E-state index in [4.69, 9.17) is 26.3 Å². The van der Waals surface area contributed by atoms with Gasteiger partial charge in [-0.1, -0.05) is 39.3 Å². The fraction of sp³-hybridized carbons (Fsp3) is 0.556. The molecule has 2 N–H and O–H groups in total. The molecule has 2 atom stereocenters. The van der Waals surface area contributed by atoms with Gasteiger partial charge in [0, 0.05) is 68.1 Å². The Kier molecular flexibility index (Phi) is 7.65. The van der Waals surface area contributed by atoms with Crippen LogP contribution in [0.25, 0.3) is 0 Å². The summed E-state index contributed by atoms with van der Waals surface area (Å²) in [6.07, 6.45) is 3.59. The molecule has 10 heteroatoms. The Bertz CT molecular complexity index is 1160. The SMILES string of the molecule is CO[C@H]1CN(c2ncc(C(=O)NC3C(C)(C)C(Oc4ccc(C#N)c(Cl)c4)C3(C)C)cn2)CC[C@@H]1CO. The number of aliphatic hydroxyl groups excluding tert-OH is 1. The number of hydrogen-bond donors (Lipinski definition) is 2. The number of hydrogen-bond acceptors (Lipinski definition) is 8. The summed E-state index contributed by atoms with van der Waals surface area (Å²) >= 11 is 6.18. The smallest absolute Gasteiger partial charge is 0.254 e. The molecule has 2 aromatic rings. The first-order valence-corrected chi connectivity index (χ1v) is 12.8. The van der Waals surface area contributed by atoms with Crippen LogP contribution >= 0.6 is 11.6 Å². The van der Waals surface area contributed by atoms with Crippen molar-refractivity contribution < 1.29 is 19.4 Å². The number of amides is 1. The summed E-state index contributed by atoms with van der Waals surface area (Å²) < 4.78 is 11.8. The number of nitriles is 1. The molecular formula is C27H34ClN5O4. The van der Waals surface area contributed by atoms with Gasteiger partial charge in [0.2, 0.25) is 5.95 Å². The Balaban J connectivity index is 1.41. The molecule has 198 valence electrons. The van der Waals surface area contributed by atoms with Gasteiger partial charge in [-0.15, -0.1) is 0 Å². The standard InChI is InChI=1S/C27H34ClN5O4/c1-26(2)23(27(3,4)24(26)37-19-7-6-16(11-29)20(28)10-19)32-22(35)18-12-30-25(31-13-18)33-9-8-17(15-34)21(14-33)36-5/h6-7,10,12-13,17,21,23-24,34H,8-9,14-15H2,1-5H3,(H,32,35)/t17-,21+,23?,24?/m1/s1. The molecule has 1 amide bonds. The zero-order chi connectivity index (χ0) is 27.0. The van der Waals surface area contributed by atoms with Gasteiger partial charge in [-0.25, -0.2) is 9.97 Å². The van der Waals surface area contributed by atoms with E-state index >= 15 is 0 Å². The third-order valence-corrected chi connectivity index (χ3v) is 8.16. The number of halogens is 1. The minimum Gasteiger partial charge on any atom is -0.489 e. The van der Waals surface area contributed by atoms with Gasteiger partial charge in [-0.05, 0) is 18.6 Å². The van der Waals surface area contributed by atoms with E-state index in [2.05, 4.69) is 43.0 Å². The van der Waals surface area contributed by atoms with Crippen LogP contribution in [0.1, 0.15) is 50.0 Å². The molecule has 2 fully saturated rings. The topological polar surface area (TPSA) is 121 Å². The van der Waals surface area contributed by atoms with Gasteiger partial charge in [0.15, 0.2) is 0 Å². The number of methoxy groups -OCH3 is 1. The monoisotopic (exact) mass is 527 g/mol. The van der Waals surface area contributed by atoms with E-state index in [0.29, 0.717) is 40.9 Å². The van der Waals surface area contributed by atoms with Crippen LogP contribution in [0.4, 0.5) is 5.95 Å². The zero-order valence-corrected chi connectivity index (χ0v) is 22.6. The van der Waals surface area contributed by atoms with E-state index in [0.717, 1.165) is 6.42 Å². The minimum absolute atomic E-state index is 0.0906. The third kappa shape index (κ3) is 5.11. The van der Waals surface area contributed by atoms with Crippen LogP contribution in [0.5, 0.6) is 5.75 Å². The lowest BCUT2D eigenvalue weighted by atomic mass is 9.49. The fourth-order valence-corrected chi connectivity index (χ4v) is 6.25. The van der Waals surface area contributed by atoms with Gasteiger partial charge in [-0.2, -0.15) is 5.26 Å². The number of carbonyl (C=O) groups is 1. The molecule has 1 aromatic carbocycles. The number of ether oxygens (including phenoxy) is 2. The molecule has 0 bridgehead atoms. The maximum absolute atomic E-state index is 13.1. The molecule has 1 saturated carbocycles. The highest BCUT2D eigenvalue weighted by Crippen LogP contribution is 2.55. The number of piperidine rings is 1. The lowest BCUT2D eigenvalue weighted by Crippen LogP contribution is -2.74. The number of nitrogens with zero attached hydrogens (tertiary/aromatic N) is 4. The summed E-state index contributed by atoms with van der Waals surface area (Å²) in [4.78, 5) is 24.0. The molecular weight excluding hydrogens is 494 g/mol. The van der Waals surface area contributed by atoms with Crippen molar-refractivity contribution >= 4 is 23.5 Å². The van der Waals surface area contributed by atoms with E-state index in [1.165, 1.54) is 0 Å². The molecule has 2 aliphatic rings. The molecule has 0 unspecified atom stereocenters. The predicted molar refractivity (Wildman–Crippen MR) is 140 cm³/mol. The van der Waals surface area contributed by atoms with E-state index in [9.17, 15) is 9.90 Å². The molecule has 1 aromatic heterocycles. The van der Waals surface area contributed by atoms with Gasteiger partial charge in [-0.3, -0.25) is 4.79 Å². The average molecular weight is 528 g/mol. The molecule has 9 nitrogen and oxygen atoms in total. The van der Waals surface area contributed by atoms with Crippen LogP contribution in [0.2, 0.25) is 5.02 Å². The molecule has 1 saturated heterocycles. The van der Waals surface area contributed by atoms with Gasteiger partial charge in [0.05, 0.1) is 22.3 Å². The number of benzene rings is 1. The summed E-state index contributed by atoms with van der Waals surface area (Å²) in [7, 11) is 1.64. The Morgan fingerprint density at radius 1 is 1.27 bits per heavy atom. The van der Waals surface area contributed by atoms with Gasteiger partial charge in [0.1, 0.15) is 17.9 Å². The van der Waals surface area contributed by atoms with Crippen LogP contribution in [0.3, 0.4) is 0 Å². The van der Waals surface area contributed by atoms with E-state index in [1.807, 2.05) is 11.0 Å². The average Bonchev–Trinajstić information content (AvgIpc) is 2.89. The lowest BCUT2D eigenvalue weighted by molar-refractivity contribution is -0.164. The molecule has 0 spiro atoms. The molecule has 0 radical (unpaired) electrons. The van der Waals surface area contributed by atoms with Crippen LogP contribution in [0.15, 0.2) is 30.6 Å². The highest BCUT2D eigenvalue weighted by molar-refractivity contribution is 6.31. The van der Waals surface area contributed by atoms with E-state index in [-0.39, 0.29) is 47.5 Å². The largest absolute Gasteiger partial charge is 0.489 e. The Labute approximate surface area is 222 Å². The predicted octanol–water partition coefficient (Wildman–Crippen LogP) is 3.45. The van der Waals surface area contributed by atoms with Crippen molar-refractivity contribution in [2.75, 3.05) is 31.7 Å². The Morgan fingerprint density at radius 3 is 2.51 bits per heavy atom. The highest BCUT2D eigenvalue weighted by Gasteiger charge is 2.64. The van der Waals surface area contributed by atoms with Gasteiger partial charge in [0.25, 0.3) is 5.91 Å². The molecule has 4 rings (SSSR count). The summed E-state index contributed by atoms with van der Waals surface area (Å²) in [6.45, 7) is 9.62. The lowest BCUT2D eigenvalue weighted by Gasteiger charge is -2.63. The molecule has 2 heterocycles. The summed E-state index contributed by atoms with van der Waals surface area (Å²) in [5.41, 5.74) is 0.0406. The molecule has 1 aliphatic heterocycles. The number of aliphatic hydroxyl groups is 1. The minimum atomic E-state index is -0.369. The first-order valence-electron chi connectivity index (χ1n) is 12.4. The van der Waals surface area contributed by atoms with E-state index < -0.39 is 0 Å². The molecule has 1 aliphatic carbocycles. The number of anilines is 1.